The van der Waals surface area contributed by atoms with Crippen LogP contribution in [0.15, 0.2) is 16.7 Å². The number of aliphatic hydroxyl groups excluding tert-OH is 1. The van der Waals surface area contributed by atoms with Crippen molar-refractivity contribution in [2.24, 2.45) is 5.92 Å². The van der Waals surface area contributed by atoms with Crippen LogP contribution in [0.5, 0.6) is 0 Å². The number of aromatic nitrogens is 4. The Hall–Kier alpha value is -2.29. The molecule has 19 heavy (non-hydrogen) atoms. The van der Waals surface area contributed by atoms with Crippen molar-refractivity contribution in [1.29, 1.82) is 0 Å². The standard InChI is InChI=1S/C10H9F2N5O2/c11-10(12)4(5(10)2-18)1-17-3-14-6-7(17)15-9(13)16-8(6)19/h1,3,5,18H,2H2,(H3,13,15,16,19)/b4-1+. The summed E-state index contributed by atoms with van der Waals surface area (Å²) in [6.07, 6.45) is 2.31. The number of alkyl halides is 2. The first-order valence-electron chi connectivity index (χ1n) is 5.38. The van der Waals surface area contributed by atoms with Gasteiger partial charge in [-0.05, 0) is 0 Å². The molecule has 0 amide bonds. The molecule has 0 aromatic carbocycles. The van der Waals surface area contributed by atoms with Crippen LogP contribution in [0.25, 0.3) is 17.4 Å². The highest BCUT2D eigenvalue weighted by molar-refractivity contribution is 5.73. The normalized spacial score (nSPS) is 23.1. The zero-order chi connectivity index (χ0) is 13.8. The van der Waals surface area contributed by atoms with Crippen LogP contribution in [0.3, 0.4) is 0 Å². The summed E-state index contributed by atoms with van der Waals surface area (Å²) < 4.78 is 27.7. The zero-order valence-electron chi connectivity index (χ0n) is 9.47. The van der Waals surface area contributed by atoms with E-state index < -0.39 is 24.0 Å². The Bertz CT molecular complexity index is 748. The number of aliphatic hydroxyl groups is 1. The van der Waals surface area contributed by atoms with Crippen LogP contribution < -0.4 is 11.3 Å². The Labute approximate surface area is 104 Å². The van der Waals surface area contributed by atoms with Gasteiger partial charge in [0.1, 0.15) is 6.33 Å². The number of halogens is 2. The first-order valence-corrected chi connectivity index (χ1v) is 5.38. The Morgan fingerprint density at radius 1 is 1.63 bits per heavy atom. The monoisotopic (exact) mass is 269 g/mol. The average Bonchev–Trinajstić information content (AvgIpc) is 2.67. The van der Waals surface area contributed by atoms with Crippen LogP contribution in [-0.2, 0) is 0 Å². The lowest BCUT2D eigenvalue weighted by Gasteiger charge is -1.96. The molecule has 0 spiro atoms. The number of nitrogens with zero attached hydrogens (tertiary/aromatic N) is 3. The van der Waals surface area contributed by atoms with E-state index in [1.807, 2.05) is 0 Å². The van der Waals surface area contributed by atoms with Gasteiger partial charge in [0.15, 0.2) is 11.2 Å². The average molecular weight is 269 g/mol. The van der Waals surface area contributed by atoms with Crippen molar-refractivity contribution >= 4 is 23.3 Å². The fourth-order valence-electron chi connectivity index (χ4n) is 1.93. The van der Waals surface area contributed by atoms with Crippen LogP contribution in [0.1, 0.15) is 0 Å². The van der Waals surface area contributed by atoms with Crippen LogP contribution in [0.2, 0.25) is 0 Å². The molecule has 1 unspecified atom stereocenters. The molecule has 2 heterocycles. The highest BCUT2D eigenvalue weighted by atomic mass is 19.3. The minimum atomic E-state index is -3.03. The molecule has 3 rings (SSSR count). The second kappa shape index (κ2) is 3.60. The second-order valence-corrected chi connectivity index (χ2v) is 4.22. The molecular formula is C10H9F2N5O2. The number of hydrogen-bond acceptors (Lipinski definition) is 5. The lowest BCUT2D eigenvalue weighted by molar-refractivity contribution is 0.0890. The fraction of sp³-hybridized carbons (Fsp3) is 0.300. The summed E-state index contributed by atoms with van der Waals surface area (Å²) in [5.74, 6) is -4.35. The summed E-state index contributed by atoms with van der Waals surface area (Å²) >= 11 is 0. The van der Waals surface area contributed by atoms with Gasteiger partial charge in [-0.1, -0.05) is 0 Å². The van der Waals surface area contributed by atoms with Crippen molar-refractivity contribution in [2.75, 3.05) is 12.3 Å². The van der Waals surface area contributed by atoms with E-state index in [0.717, 1.165) is 6.20 Å². The Morgan fingerprint density at radius 3 is 3.00 bits per heavy atom. The molecule has 1 aliphatic rings. The molecule has 0 saturated heterocycles. The third-order valence-electron chi connectivity index (χ3n) is 3.03. The molecule has 0 aliphatic heterocycles. The lowest BCUT2D eigenvalue weighted by Crippen LogP contribution is -2.11. The highest BCUT2D eigenvalue weighted by Gasteiger charge is 2.63. The highest BCUT2D eigenvalue weighted by Crippen LogP contribution is 2.54. The molecule has 1 saturated carbocycles. The largest absolute Gasteiger partial charge is 0.395 e. The van der Waals surface area contributed by atoms with Crippen LogP contribution in [0.4, 0.5) is 14.7 Å². The van der Waals surface area contributed by atoms with E-state index in [1.165, 1.54) is 10.9 Å². The summed E-state index contributed by atoms with van der Waals surface area (Å²) in [4.78, 5) is 21.4. The van der Waals surface area contributed by atoms with Gasteiger partial charge in [0, 0.05) is 11.8 Å². The van der Waals surface area contributed by atoms with Gasteiger partial charge in [-0.3, -0.25) is 14.3 Å². The lowest BCUT2D eigenvalue weighted by atomic mass is 10.4. The van der Waals surface area contributed by atoms with Gasteiger partial charge in [-0.2, -0.15) is 4.98 Å². The number of H-pyrrole nitrogens is 1. The van der Waals surface area contributed by atoms with Crippen LogP contribution in [0, 0.1) is 5.92 Å². The Morgan fingerprint density at radius 2 is 2.37 bits per heavy atom. The molecular weight excluding hydrogens is 260 g/mol. The molecule has 1 fully saturated rings. The molecule has 2 aromatic rings. The van der Waals surface area contributed by atoms with Gasteiger partial charge in [0.25, 0.3) is 11.5 Å². The van der Waals surface area contributed by atoms with Crippen molar-refractivity contribution in [1.82, 2.24) is 19.5 Å². The quantitative estimate of drug-likeness (QED) is 0.699. The van der Waals surface area contributed by atoms with Crippen molar-refractivity contribution in [2.45, 2.75) is 5.92 Å². The fourth-order valence-corrected chi connectivity index (χ4v) is 1.93. The topological polar surface area (TPSA) is 110 Å². The first kappa shape index (κ1) is 11.8. The maximum Gasteiger partial charge on any atom is 0.280 e. The summed E-state index contributed by atoms with van der Waals surface area (Å²) in [7, 11) is 0. The van der Waals surface area contributed by atoms with E-state index >= 15 is 0 Å². The predicted molar refractivity (Wildman–Crippen MR) is 62.4 cm³/mol. The van der Waals surface area contributed by atoms with Gasteiger partial charge < -0.3 is 10.8 Å². The van der Waals surface area contributed by atoms with E-state index in [4.69, 9.17) is 10.8 Å². The third-order valence-corrected chi connectivity index (χ3v) is 3.03. The molecule has 7 nitrogen and oxygen atoms in total. The molecule has 4 N–H and O–H groups in total. The van der Waals surface area contributed by atoms with Gasteiger partial charge in [0.2, 0.25) is 5.95 Å². The second-order valence-electron chi connectivity index (χ2n) is 4.22. The number of aromatic amines is 1. The van der Waals surface area contributed by atoms with Gasteiger partial charge in [-0.15, -0.1) is 0 Å². The molecule has 0 radical (unpaired) electrons. The predicted octanol–water partition coefficient (Wildman–Crippen LogP) is -0.200. The maximum atomic E-state index is 13.2. The van der Waals surface area contributed by atoms with E-state index in [2.05, 4.69) is 15.0 Å². The number of nitrogens with two attached hydrogens (primary N) is 1. The summed E-state index contributed by atoms with van der Waals surface area (Å²) in [6.45, 7) is -0.637. The summed E-state index contributed by atoms with van der Waals surface area (Å²) in [5, 5.41) is 8.81. The van der Waals surface area contributed by atoms with Crippen molar-refractivity contribution in [3.05, 3.63) is 22.3 Å². The molecule has 9 heteroatoms. The van der Waals surface area contributed by atoms with E-state index in [-0.39, 0.29) is 22.7 Å². The smallest absolute Gasteiger partial charge is 0.280 e. The number of hydrogen-bond donors (Lipinski definition) is 3. The number of anilines is 1. The number of fused-ring (bicyclic) bond motifs is 1. The van der Waals surface area contributed by atoms with Gasteiger partial charge >= 0.3 is 0 Å². The third kappa shape index (κ3) is 1.62. The van der Waals surface area contributed by atoms with Gasteiger partial charge in [-0.25, -0.2) is 13.8 Å². The zero-order valence-corrected chi connectivity index (χ0v) is 9.47. The number of rotatable bonds is 2. The van der Waals surface area contributed by atoms with Crippen LogP contribution in [-0.4, -0.2) is 37.2 Å². The number of imidazole rings is 1. The SMILES string of the molecule is Nc1nc2c(ncn2/C=C2\C(CO)C2(F)F)c(=O)[nH]1. The summed E-state index contributed by atoms with van der Waals surface area (Å²) in [5.41, 5.74) is 4.72. The minimum absolute atomic E-state index is 0.00978. The molecule has 1 aliphatic carbocycles. The minimum Gasteiger partial charge on any atom is -0.395 e. The van der Waals surface area contributed by atoms with Crippen molar-refractivity contribution in [3.8, 4) is 0 Å². The van der Waals surface area contributed by atoms with Crippen LogP contribution >= 0.6 is 0 Å². The van der Waals surface area contributed by atoms with Crippen molar-refractivity contribution in [3.63, 3.8) is 0 Å². The number of nitrogens with one attached hydrogen (secondary N) is 1. The van der Waals surface area contributed by atoms with E-state index in [0.29, 0.717) is 0 Å². The van der Waals surface area contributed by atoms with Gasteiger partial charge in [0.05, 0.1) is 12.5 Å². The van der Waals surface area contributed by atoms with E-state index in [1.54, 1.807) is 0 Å². The van der Waals surface area contributed by atoms with Crippen molar-refractivity contribution < 1.29 is 13.9 Å². The first-order chi connectivity index (χ1) is 8.95. The molecule has 2 aromatic heterocycles. The Kier molecular flexibility index (Phi) is 2.23. The Balaban J connectivity index is 2.14. The molecule has 100 valence electrons. The maximum absolute atomic E-state index is 13.2. The summed E-state index contributed by atoms with van der Waals surface area (Å²) in [6, 6.07) is 0. The molecule has 0 bridgehead atoms. The number of nitrogen functional groups attached to an aromatic ring is 1. The van der Waals surface area contributed by atoms with E-state index in [9.17, 15) is 13.6 Å². The molecule has 1 atom stereocenters.